The second-order valence-electron chi connectivity index (χ2n) is 8.05. The molecule has 2 aliphatic heterocycles. The summed E-state index contributed by atoms with van der Waals surface area (Å²) in [5.74, 6) is -0.178. The summed E-state index contributed by atoms with van der Waals surface area (Å²) in [5.41, 5.74) is 1.95. The largest absolute Gasteiger partial charge is 0.450 e. The molecule has 1 spiro atoms. The zero-order valence-electron chi connectivity index (χ0n) is 17.9. The van der Waals surface area contributed by atoms with E-state index in [1.54, 1.807) is 29.2 Å². The minimum atomic E-state index is -2.91. The average Bonchev–Trinajstić information content (AvgIpc) is 3.11. The van der Waals surface area contributed by atoms with Gasteiger partial charge in [0.15, 0.2) is 0 Å². The van der Waals surface area contributed by atoms with Gasteiger partial charge in [-0.25, -0.2) is 19.6 Å². The van der Waals surface area contributed by atoms with Crippen molar-refractivity contribution in [2.75, 3.05) is 18.4 Å². The van der Waals surface area contributed by atoms with Gasteiger partial charge < -0.3 is 14.4 Å². The maximum atomic E-state index is 12.7. The molecule has 0 radical (unpaired) electrons. The Labute approximate surface area is 193 Å². The number of aromatic nitrogens is 2. The summed E-state index contributed by atoms with van der Waals surface area (Å²) in [5, 5.41) is 2.67. The van der Waals surface area contributed by atoms with Crippen LogP contribution in [0.15, 0.2) is 60.9 Å². The average molecular weight is 466 g/mol. The van der Waals surface area contributed by atoms with E-state index in [0.717, 1.165) is 5.56 Å². The lowest BCUT2D eigenvalue weighted by atomic mass is 9.84. The number of carbonyl (C=O) groups excluding carboxylic acids is 2. The van der Waals surface area contributed by atoms with Crippen molar-refractivity contribution < 1.29 is 27.8 Å². The van der Waals surface area contributed by atoms with E-state index in [1.165, 1.54) is 24.5 Å². The van der Waals surface area contributed by atoms with Crippen molar-refractivity contribution in [2.24, 2.45) is 0 Å². The summed E-state index contributed by atoms with van der Waals surface area (Å²) in [6.45, 7) is -2.10. The zero-order chi connectivity index (χ0) is 23.7. The fourth-order valence-corrected chi connectivity index (χ4v) is 4.36. The van der Waals surface area contributed by atoms with Gasteiger partial charge in [-0.3, -0.25) is 5.32 Å². The maximum Gasteiger partial charge on any atom is 0.387 e. The number of piperidine rings is 1. The maximum absolute atomic E-state index is 12.7. The third-order valence-corrected chi connectivity index (χ3v) is 6.05. The van der Waals surface area contributed by atoms with E-state index in [9.17, 15) is 18.4 Å². The number of halogens is 2. The number of fused-ring (bicyclic) bond motifs is 2. The minimum absolute atomic E-state index is 0.0308. The van der Waals surface area contributed by atoms with Gasteiger partial charge in [0, 0.05) is 49.5 Å². The molecule has 34 heavy (non-hydrogen) atoms. The Morgan fingerprint density at radius 2 is 1.79 bits per heavy atom. The molecule has 1 aromatic heterocycles. The Bertz CT molecular complexity index is 1230. The molecule has 1 saturated heterocycles. The molecule has 1 N–H and O–H groups in total. The molecule has 10 heteroatoms. The summed E-state index contributed by atoms with van der Waals surface area (Å²) >= 11 is 0. The van der Waals surface area contributed by atoms with Gasteiger partial charge in [-0.2, -0.15) is 8.78 Å². The standard InChI is InChI=1S/C24H20F2N4O4/c25-21(26)33-17-5-3-4-15(12-17)16-13-27-22(28-14-16)29-23(32)30-10-8-24(9-11-30)19-7-2-1-6-18(19)20(31)34-24/h1-7,12-14,21H,8-11H2,(H,27,28,29,32). The molecule has 2 aromatic carbocycles. The number of esters is 1. The number of nitrogens with one attached hydrogen (secondary N) is 1. The van der Waals surface area contributed by atoms with E-state index < -0.39 is 12.2 Å². The second kappa shape index (κ2) is 8.69. The number of benzene rings is 2. The van der Waals surface area contributed by atoms with Crippen molar-refractivity contribution in [3.8, 4) is 16.9 Å². The highest BCUT2D eigenvalue weighted by atomic mass is 19.3. The van der Waals surface area contributed by atoms with Crippen LogP contribution < -0.4 is 10.1 Å². The van der Waals surface area contributed by atoms with Crippen LogP contribution >= 0.6 is 0 Å². The van der Waals surface area contributed by atoms with Gasteiger partial charge in [0.1, 0.15) is 11.4 Å². The molecule has 0 aliphatic carbocycles. The topological polar surface area (TPSA) is 93.7 Å². The lowest BCUT2D eigenvalue weighted by Crippen LogP contribution is -2.47. The Kier molecular flexibility index (Phi) is 5.56. The van der Waals surface area contributed by atoms with Gasteiger partial charge in [-0.1, -0.05) is 30.3 Å². The summed E-state index contributed by atoms with van der Waals surface area (Å²) < 4.78 is 35.0. The Morgan fingerprint density at radius 3 is 2.53 bits per heavy atom. The van der Waals surface area contributed by atoms with Gasteiger partial charge >= 0.3 is 18.6 Å². The number of hydrogen-bond donors (Lipinski definition) is 1. The lowest BCUT2D eigenvalue weighted by Gasteiger charge is -2.38. The third kappa shape index (κ3) is 4.14. The van der Waals surface area contributed by atoms with Crippen molar-refractivity contribution in [3.05, 3.63) is 72.1 Å². The zero-order valence-corrected chi connectivity index (χ0v) is 17.9. The molecule has 0 bridgehead atoms. The van der Waals surface area contributed by atoms with Gasteiger partial charge in [0.25, 0.3) is 0 Å². The van der Waals surface area contributed by atoms with Crippen molar-refractivity contribution in [1.82, 2.24) is 14.9 Å². The number of rotatable bonds is 4. The molecule has 2 aliphatic rings. The number of ether oxygens (including phenoxy) is 2. The predicted octanol–water partition coefficient (Wildman–Crippen LogP) is 4.44. The molecular weight excluding hydrogens is 446 g/mol. The first-order valence-electron chi connectivity index (χ1n) is 10.7. The molecular formula is C24H20F2N4O4. The smallest absolute Gasteiger partial charge is 0.387 e. The molecule has 0 saturated carbocycles. The Balaban J connectivity index is 1.21. The SMILES string of the molecule is O=C1OC2(CCN(C(=O)Nc3ncc(-c4cccc(OC(F)F)c4)cn3)CC2)c2ccccc21. The first-order chi connectivity index (χ1) is 16.4. The van der Waals surface area contributed by atoms with Gasteiger partial charge in [-0.05, 0) is 23.8 Å². The lowest BCUT2D eigenvalue weighted by molar-refractivity contribution is -0.0498. The minimum Gasteiger partial charge on any atom is -0.450 e. The van der Waals surface area contributed by atoms with Crippen LogP contribution in [0, 0.1) is 0 Å². The summed E-state index contributed by atoms with van der Waals surface area (Å²) in [6, 6.07) is 13.2. The number of anilines is 1. The van der Waals surface area contributed by atoms with E-state index in [-0.39, 0.29) is 23.7 Å². The van der Waals surface area contributed by atoms with E-state index in [4.69, 9.17) is 4.74 Å². The van der Waals surface area contributed by atoms with Gasteiger partial charge in [0.2, 0.25) is 5.95 Å². The first kappa shape index (κ1) is 21.7. The normalized spacial score (nSPS) is 16.3. The molecule has 174 valence electrons. The fraction of sp³-hybridized carbons (Fsp3) is 0.250. The monoisotopic (exact) mass is 466 g/mol. The Morgan fingerprint density at radius 1 is 1.06 bits per heavy atom. The number of hydrogen-bond acceptors (Lipinski definition) is 6. The number of carbonyl (C=O) groups is 2. The fourth-order valence-electron chi connectivity index (χ4n) is 4.36. The molecule has 0 unspecified atom stereocenters. The highest BCUT2D eigenvalue weighted by molar-refractivity contribution is 5.95. The van der Waals surface area contributed by atoms with Gasteiger partial charge in [0.05, 0.1) is 5.56 Å². The molecule has 5 rings (SSSR count). The molecule has 0 atom stereocenters. The second-order valence-corrected chi connectivity index (χ2v) is 8.05. The highest BCUT2D eigenvalue weighted by Gasteiger charge is 2.47. The van der Waals surface area contributed by atoms with Crippen LogP contribution in [-0.4, -0.2) is 46.6 Å². The highest BCUT2D eigenvalue weighted by Crippen LogP contribution is 2.44. The quantitative estimate of drug-likeness (QED) is 0.572. The first-order valence-corrected chi connectivity index (χ1v) is 10.7. The molecule has 3 heterocycles. The number of nitrogens with zero attached hydrogens (tertiary/aromatic N) is 3. The van der Waals surface area contributed by atoms with Crippen molar-refractivity contribution in [1.29, 1.82) is 0 Å². The number of urea groups is 1. The Hall–Kier alpha value is -4.08. The van der Waals surface area contributed by atoms with Crippen LogP contribution in [0.5, 0.6) is 5.75 Å². The molecule has 3 aromatic rings. The van der Waals surface area contributed by atoms with Crippen LogP contribution in [0.3, 0.4) is 0 Å². The molecule has 2 amide bonds. The number of likely N-dealkylation sites (tertiary alicyclic amines) is 1. The van der Waals surface area contributed by atoms with Crippen LogP contribution in [0.25, 0.3) is 11.1 Å². The van der Waals surface area contributed by atoms with Crippen LogP contribution in [-0.2, 0) is 10.3 Å². The van der Waals surface area contributed by atoms with E-state index in [1.807, 2.05) is 12.1 Å². The number of amides is 2. The van der Waals surface area contributed by atoms with E-state index in [2.05, 4.69) is 20.0 Å². The summed E-state index contributed by atoms with van der Waals surface area (Å²) in [7, 11) is 0. The molecule has 1 fully saturated rings. The third-order valence-electron chi connectivity index (χ3n) is 6.05. The van der Waals surface area contributed by atoms with Crippen LogP contribution in [0.1, 0.15) is 28.8 Å². The van der Waals surface area contributed by atoms with Gasteiger partial charge in [-0.15, -0.1) is 0 Å². The van der Waals surface area contributed by atoms with Crippen molar-refractivity contribution in [3.63, 3.8) is 0 Å². The van der Waals surface area contributed by atoms with E-state index >= 15 is 0 Å². The molecule has 8 nitrogen and oxygen atoms in total. The summed E-state index contributed by atoms with van der Waals surface area (Å²) in [4.78, 5) is 34.9. The van der Waals surface area contributed by atoms with Crippen molar-refractivity contribution in [2.45, 2.75) is 25.1 Å². The van der Waals surface area contributed by atoms with Crippen molar-refractivity contribution >= 4 is 17.9 Å². The van der Waals surface area contributed by atoms with Crippen LogP contribution in [0.2, 0.25) is 0 Å². The van der Waals surface area contributed by atoms with E-state index in [0.29, 0.717) is 42.6 Å². The predicted molar refractivity (Wildman–Crippen MR) is 117 cm³/mol. The van der Waals surface area contributed by atoms with Crippen LogP contribution in [0.4, 0.5) is 19.5 Å². The number of alkyl halides is 2. The summed E-state index contributed by atoms with van der Waals surface area (Å²) in [6.07, 6.45) is 3.98.